The molecule has 2 heterocycles. The molecule has 0 saturated carbocycles. The molecule has 1 N–H and O–H groups in total. The number of nitrogens with one attached hydrogen (secondary N) is 1. The highest BCUT2D eigenvalue weighted by Crippen LogP contribution is 2.31. The van der Waals surface area contributed by atoms with Crippen molar-refractivity contribution < 1.29 is 9.47 Å². The summed E-state index contributed by atoms with van der Waals surface area (Å²) in [5.41, 5.74) is 3.24. The van der Waals surface area contributed by atoms with Crippen molar-refractivity contribution in [2.75, 3.05) is 20.8 Å². The zero-order valence-corrected chi connectivity index (χ0v) is 11.6. The normalized spacial score (nSPS) is 13.7. The van der Waals surface area contributed by atoms with E-state index in [1.54, 1.807) is 14.2 Å². The lowest BCUT2D eigenvalue weighted by Gasteiger charge is -2.16. The third kappa shape index (κ3) is 2.32. The summed E-state index contributed by atoms with van der Waals surface area (Å²) in [6, 6.07) is 5.73. The molecule has 0 bridgehead atoms. The van der Waals surface area contributed by atoms with Crippen LogP contribution in [0.25, 0.3) is 11.4 Å². The van der Waals surface area contributed by atoms with Crippen molar-refractivity contribution in [2.24, 2.45) is 0 Å². The number of nitrogens with zero attached hydrogens (tertiary/aromatic N) is 2. The van der Waals surface area contributed by atoms with Gasteiger partial charge >= 0.3 is 0 Å². The summed E-state index contributed by atoms with van der Waals surface area (Å²) in [4.78, 5) is 9.11. The van der Waals surface area contributed by atoms with E-state index in [2.05, 4.69) is 15.3 Å². The van der Waals surface area contributed by atoms with Crippen molar-refractivity contribution in [1.29, 1.82) is 0 Å². The molecule has 104 valence electrons. The van der Waals surface area contributed by atoms with Crippen LogP contribution in [0.4, 0.5) is 0 Å². The van der Waals surface area contributed by atoms with E-state index in [4.69, 9.17) is 9.47 Å². The maximum absolute atomic E-state index is 5.32. The summed E-state index contributed by atoms with van der Waals surface area (Å²) in [6.45, 7) is 1.82. The fourth-order valence-corrected chi connectivity index (χ4v) is 2.35. The molecule has 0 fully saturated rings. The van der Waals surface area contributed by atoms with Gasteiger partial charge in [0.05, 0.1) is 19.9 Å². The van der Waals surface area contributed by atoms with Crippen LogP contribution in [0.3, 0.4) is 0 Å². The SMILES string of the molecule is COc1ccc(-c2ncc3c(n2)CCNC3)cc1OC. The molecule has 3 rings (SSSR count). The minimum absolute atomic E-state index is 0.688. The Bertz CT molecular complexity index is 591. The largest absolute Gasteiger partial charge is 0.493 e. The molecule has 1 aromatic heterocycles. The highest BCUT2D eigenvalue weighted by atomic mass is 16.5. The minimum atomic E-state index is 0.688. The Morgan fingerprint density at radius 2 is 2.00 bits per heavy atom. The van der Waals surface area contributed by atoms with Gasteiger partial charge in [-0.15, -0.1) is 0 Å². The third-order valence-electron chi connectivity index (χ3n) is 3.45. The van der Waals surface area contributed by atoms with Crippen molar-refractivity contribution in [1.82, 2.24) is 15.3 Å². The van der Waals surface area contributed by atoms with Gasteiger partial charge in [0.1, 0.15) is 0 Å². The summed E-state index contributed by atoms with van der Waals surface area (Å²) in [5.74, 6) is 2.12. The molecule has 0 unspecified atom stereocenters. The van der Waals surface area contributed by atoms with Gasteiger partial charge in [0.2, 0.25) is 0 Å². The van der Waals surface area contributed by atoms with Gasteiger partial charge in [-0.1, -0.05) is 0 Å². The first-order valence-electron chi connectivity index (χ1n) is 6.59. The van der Waals surface area contributed by atoms with E-state index >= 15 is 0 Å². The lowest BCUT2D eigenvalue weighted by atomic mass is 10.1. The van der Waals surface area contributed by atoms with Gasteiger partial charge in [0, 0.05) is 36.8 Å². The molecule has 0 spiro atoms. The van der Waals surface area contributed by atoms with Crippen LogP contribution in [-0.2, 0) is 13.0 Å². The van der Waals surface area contributed by atoms with E-state index in [-0.39, 0.29) is 0 Å². The van der Waals surface area contributed by atoms with Gasteiger partial charge in [-0.2, -0.15) is 0 Å². The third-order valence-corrected chi connectivity index (χ3v) is 3.45. The maximum Gasteiger partial charge on any atom is 0.161 e. The predicted molar refractivity (Wildman–Crippen MR) is 76.0 cm³/mol. The zero-order chi connectivity index (χ0) is 13.9. The zero-order valence-electron chi connectivity index (χ0n) is 11.6. The molecule has 5 nitrogen and oxygen atoms in total. The molecule has 1 aromatic carbocycles. The Labute approximate surface area is 118 Å². The summed E-state index contributed by atoms with van der Waals surface area (Å²) >= 11 is 0. The molecule has 0 amide bonds. The molecular weight excluding hydrogens is 254 g/mol. The Morgan fingerprint density at radius 1 is 1.15 bits per heavy atom. The molecule has 20 heavy (non-hydrogen) atoms. The Hall–Kier alpha value is -2.14. The Kier molecular flexibility index (Phi) is 3.52. The molecule has 2 aromatic rings. The first kappa shape index (κ1) is 12.9. The predicted octanol–water partition coefficient (Wildman–Crippen LogP) is 1.81. The molecular formula is C15H17N3O2. The van der Waals surface area contributed by atoms with Gasteiger partial charge in [-0.05, 0) is 18.2 Å². The molecule has 0 aliphatic carbocycles. The summed E-state index contributed by atoms with van der Waals surface area (Å²) in [7, 11) is 3.25. The van der Waals surface area contributed by atoms with Crippen LogP contribution in [0, 0.1) is 0 Å². The number of benzene rings is 1. The van der Waals surface area contributed by atoms with E-state index in [1.807, 2.05) is 24.4 Å². The summed E-state index contributed by atoms with van der Waals surface area (Å²) < 4.78 is 10.6. The van der Waals surface area contributed by atoms with Gasteiger partial charge in [0.25, 0.3) is 0 Å². The lowest BCUT2D eigenvalue weighted by molar-refractivity contribution is 0.355. The number of fused-ring (bicyclic) bond motifs is 1. The number of rotatable bonds is 3. The van der Waals surface area contributed by atoms with E-state index in [9.17, 15) is 0 Å². The van der Waals surface area contributed by atoms with Crippen molar-refractivity contribution in [3.63, 3.8) is 0 Å². The van der Waals surface area contributed by atoms with E-state index < -0.39 is 0 Å². The fraction of sp³-hybridized carbons (Fsp3) is 0.333. The standard InChI is InChI=1S/C15H17N3O2/c1-19-13-4-3-10(7-14(13)20-2)15-17-9-11-8-16-6-5-12(11)18-15/h3-4,7,9,16H,5-6,8H2,1-2H3. The average Bonchev–Trinajstić information content (AvgIpc) is 2.53. The fourth-order valence-electron chi connectivity index (χ4n) is 2.35. The monoisotopic (exact) mass is 271 g/mol. The van der Waals surface area contributed by atoms with Crippen molar-refractivity contribution in [2.45, 2.75) is 13.0 Å². The van der Waals surface area contributed by atoms with Crippen LogP contribution in [0.1, 0.15) is 11.3 Å². The van der Waals surface area contributed by atoms with Gasteiger partial charge < -0.3 is 14.8 Å². The quantitative estimate of drug-likeness (QED) is 0.922. The summed E-state index contributed by atoms with van der Waals surface area (Å²) in [5, 5.41) is 3.32. The molecule has 0 radical (unpaired) electrons. The number of hydrogen-bond donors (Lipinski definition) is 1. The first-order valence-corrected chi connectivity index (χ1v) is 6.59. The summed E-state index contributed by atoms with van der Waals surface area (Å²) in [6.07, 6.45) is 2.85. The van der Waals surface area contributed by atoms with Crippen molar-refractivity contribution in [3.05, 3.63) is 35.7 Å². The maximum atomic E-state index is 5.32. The van der Waals surface area contributed by atoms with Crippen LogP contribution >= 0.6 is 0 Å². The number of hydrogen-bond acceptors (Lipinski definition) is 5. The van der Waals surface area contributed by atoms with E-state index in [1.165, 1.54) is 5.56 Å². The van der Waals surface area contributed by atoms with Gasteiger partial charge in [0.15, 0.2) is 17.3 Å². The second-order valence-electron chi connectivity index (χ2n) is 4.66. The van der Waals surface area contributed by atoms with Crippen LogP contribution in [-0.4, -0.2) is 30.7 Å². The molecule has 1 aliphatic rings. The molecule has 0 atom stereocenters. The Balaban J connectivity index is 2.00. The second-order valence-corrected chi connectivity index (χ2v) is 4.66. The lowest BCUT2D eigenvalue weighted by Crippen LogP contribution is -2.24. The second kappa shape index (κ2) is 5.46. The highest BCUT2D eigenvalue weighted by Gasteiger charge is 2.13. The van der Waals surface area contributed by atoms with Crippen LogP contribution in [0.15, 0.2) is 24.4 Å². The number of aromatic nitrogens is 2. The molecule has 0 saturated heterocycles. The van der Waals surface area contributed by atoms with E-state index in [0.29, 0.717) is 11.5 Å². The van der Waals surface area contributed by atoms with Gasteiger partial charge in [-0.3, -0.25) is 0 Å². The topological polar surface area (TPSA) is 56.3 Å². The molecule has 5 heteroatoms. The van der Waals surface area contributed by atoms with Crippen molar-refractivity contribution in [3.8, 4) is 22.9 Å². The average molecular weight is 271 g/mol. The van der Waals surface area contributed by atoms with Crippen molar-refractivity contribution >= 4 is 0 Å². The molecule has 1 aliphatic heterocycles. The van der Waals surface area contributed by atoms with Gasteiger partial charge in [-0.25, -0.2) is 9.97 Å². The minimum Gasteiger partial charge on any atom is -0.493 e. The van der Waals surface area contributed by atoms with Crippen LogP contribution in [0.2, 0.25) is 0 Å². The van der Waals surface area contributed by atoms with E-state index in [0.717, 1.165) is 36.6 Å². The number of methoxy groups -OCH3 is 2. The first-order chi connectivity index (χ1) is 9.81. The van der Waals surface area contributed by atoms with Crippen LogP contribution < -0.4 is 14.8 Å². The smallest absolute Gasteiger partial charge is 0.161 e. The number of ether oxygens (including phenoxy) is 2. The Morgan fingerprint density at radius 3 is 2.80 bits per heavy atom. The van der Waals surface area contributed by atoms with Crippen LogP contribution in [0.5, 0.6) is 11.5 Å². The highest BCUT2D eigenvalue weighted by molar-refractivity contribution is 5.61.